The first-order valence-corrected chi connectivity index (χ1v) is 7.99. The van der Waals surface area contributed by atoms with Gasteiger partial charge in [-0.2, -0.15) is 5.10 Å². The lowest BCUT2D eigenvalue weighted by Gasteiger charge is -2.42. The van der Waals surface area contributed by atoms with Crippen LogP contribution in [0.3, 0.4) is 0 Å². The van der Waals surface area contributed by atoms with Crippen molar-refractivity contribution in [1.29, 1.82) is 0 Å². The molecule has 1 unspecified atom stereocenters. The van der Waals surface area contributed by atoms with Gasteiger partial charge in [0.15, 0.2) is 5.75 Å². The quantitative estimate of drug-likeness (QED) is 0.877. The summed E-state index contributed by atoms with van der Waals surface area (Å²) in [6.45, 7) is 7.57. The second-order valence-electron chi connectivity index (χ2n) is 6.00. The molecular formula is C16H28N2O3. The normalized spacial score (nSPS) is 27.6. The topological polar surface area (TPSA) is 56.5 Å². The summed E-state index contributed by atoms with van der Waals surface area (Å²) < 4.78 is 13.2. The summed E-state index contributed by atoms with van der Waals surface area (Å²) in [5.74, 6) is 1.34. The summed E-state index contributed by atoms with van der Waals surface area (Å²) >= 11 is 0. The molecular weight excluding hydrogens is 268 g/mol. The number of aliphatic hydroxyl groups excluding tert-OH is 1. The lowest BCUT2D eigenvalue weighted by atomic mass is 9.75. The lowest BCUT2D eigenvalue weighted by molar-refractivity contribution is -0.149. The second kappa shape index (κ2) is 6.79. The third-order valence-electron chi connectivity index (χ3n) is 4.67. The van der Waals surface area contributed by atoms with E-state index in [1.54, 1.807) is 13.3 Å². The number of ether oxygens (including phenoxy) is 2. The summed E-state index contributed by atoms with van der Waals surface area (Å²) in [5.41, 5.74) is 0.226. The van der Waals surface area contributed by atoms with E-state index >= 15 is 0 Å². The highest BCUT2D eigenvalue weighted by Crippen LogP contribution is 2.45. The largest absolute Gasteiger partial charge is 0.493 e. The van der Waals surface area contributed by atoms with E-state index in [1.807, 2.05) is 18.5 Å². The van der Waals surface area contributed by atoms with Gasteiger partial charge < -0.3 is 14.6 Å². The molecule has 0 bridgehead atoms. The van der Waals surface area contributed by atoms with Gasteiger partial charge in [-0.3, -0.25) is 4.68 Å². The molecule has 0 amide bonds. The van der Waals surface area contributed by atoms with Crippen molar-refractivity contribution in [2.24, 2.45) is 5.92 Å². The minimum absolute atomic E-state index is 0.512. The molecule has 0 aliphatic heterocycles. The molecule has 1 heterocycles. The van der Waals surface area contributed by atoms with Crippen molar-refractivity contribution in [2.75, 3.05) is 13.7 Å². The van der Waals surface area contributed by atoms with Gasteiger partial charge in [-0.1, -0.05) is 6.92 Å². The summed E-state index contributed by atoms with van der Waals surface area (Å²) in [7, 11) is 1.61. The number of hydrogen-bond acceptors (Lipinski definition) is 4. The van der Waals surface area contributed by atoms with Crippen LogP contribution in [0.1, 0.15) is 58.3 Å². The van der Waals surface area contributed by atoms with Gasteiger partial charge in [-0.25, -0.2) is 0 Å². The fourth-order valence-corrected chi connectivity index (χ4v) is 3.35. The van der Waals surface area contributed by atoms with Crippen LogP contribution in [0.15, 0.2) is 6.20 Å². The molecule has 0 spiro atoms. The number of aromatic nitrogens is 2. The molecule has 5 heteroatoms. The van der Waals surface area contributed by atoms with Gasteiger partial charge in [0.25, 0.3) is 0 Å². The summed E-state index contributed by atoms with van der Waals surface area (Å²) in [4.78, 5) is 0. The van der Waals surface area contributed by atoms with Crippen LogP contribution in [0.4, 0.5) is 0 Å². The van der Waals surface area contributed by atoms with E-state index in [2.05, 4.69) is 12.0 Å². The molecule has 1 aromatic heterocycles. The Hall–Kier alpha value is -1.07. The van der Waals surface area contributed by atoms with Crippen molar-refractivity contribution in [3.05, 3.63) is 11.9 Å². The molecule has 1 N–H and O–H groups in total. The van der Waals surface area contributed by atoms with Gasteiger partial charge in [0.2, 0.25) is 0 Å². The molecule has 2 rings (SSSR count). The lowest BCUT2D eigenvalue weighted by Crippen LogP contribution is -2.43. The Morgan fingerprint density at radius 1 is 1.43 bits per heavy atom. The zero-order valence-electron chi connectivity index (χ0n) is 13.6. The Labute approximate surface area is 127 Å². The van der Waals surface area contributed by atoms with Gasteiger partial charge in [0.05, 0.1) is 18.9 Å². The maximum Gasteiger partial charge on any atom is 0.162 e. The maximum absolute atomic E-state index is 11.1. The molecule has 0 saturated heterocycles. The molecule has 1 atom stereocenters. The number of methoxy groups -OCH3 is 1. The summed E-state index contributed by atoms with van der Waals surface area (Å²) in [5, 5.41) is 15.4. The molecule has 5 nitrogen and oxygen atoms in total. The highest BCUT2D eigenvalue weighted by molar-refractivity contribution is 5.29. The van der Waals surface area contributed by atoms with E-state index in [-0.39, 0.29) is 0 Å². The molecule has 0 radical (unpaired) electrons. The fraction of sp³-hybridized carbons (Fsp3) is 0.812. The third-order valence-corrected chi connectivity index (χ3v) is 4.67. The van der Waals surface area contributed by atoms with Crippen molar-refractivity contribution in [3.63, 3.8) is 0 Å². The molecule has 21 heavy (non-hydrogen) atoms. The first kappa shape index (κ1) is 16.3. The monoisotopic (exact) mass is 296 g/mol. The number of hydrogen-bond donors (Lipinski definition) is 1. The highest BCUT2D eigenvalue weighted by atomic mass is 16.5. The summed E-state index contributed by atoms with van der Waals surface area (Å²) in [6.07, 6.45) is 4.89. The zero-order chi connectivity index (χ0) is 15.5. The Morgan fingerprint density at radius 3 is 2.62 bits per heavy atom. The van der Waals surface area contributed by atoms with E-state index in [9.17, 15) is 5.11 Å². The minimum atomic E-state index is -0.706. The Bertz CT molecular complexity index is 429. The zero-order valence-corrected chi connectivity index (χ0v) is 13.6. The minimum Gasteiger partial charge on any atom is -0.493 e. The third kappa shape index (κ3) is 3.09. The Balaban J connectivity index is 2.34. The predicted molar refractivity (Wildman–Crippen MR) is 81.4 cm³/mol. The number of aliphatic hydroxyl groups is 1. The van der Waals surface area contributed by atoms with E-state index in [0.717, 1.165) is 31.4 Å². The molecule has 1 aliphatic rings. The SMILES string of the molecule is CCOC1(C(O)c2c(OC)cnn2CC)CCC(C)CC1. The second-order valence-corrected chi connectivity index (χ2v) is 6.00. The Kier molecular flexibility index (Phi) is 5.27. The van der Waals surface area contributed by atoms with Crippen LogP contribution < -0.4 is 4.74 Å². The molecule has 1 aliphatic carbocycles. The van der Waals surface area contributed by atoms with Crippen molar-refractivity contribution in [1.82, 2.24) is 9.78 Å². The van der Waals surface area contributed by atoms with Gasteiger partial charge >= 0.3 is 0 Å². The molecule has 1 fully saturated rings. The summed E-state index contributed by atoms with van der Waals surface area (Å²) in [6, 6.07) is 0. The van der Waals surface area contributed by atoms with Gasteiger partial charge in [0, 0.05) is 13.2 Å². The van der Waals surface area contributed by atoms with Crippen LogP contribution in [0.5, 0.6) is 5.75 Å². The standard InChI is InChI=1S/C16H28N2O3/c1-5-18-14(13(20-4)11-17-18)15(19)16(21-6-2)9-7-12(3)8-10-16/h11-12,15,19H,5-10H2,1-4H3. The first-order chi connectivity index (χ1) is 10.1. The molecule has 120 valence electrons. The van der Waals surface area contributed by atoms with Crippen molar-refractivity contribution < 1.29 is 14.6 Å². The van der Waals surface area contributed by atoms with Crippen molar-refractivity contribution in [3.8, 4) is 5.75 Å². The van der Waals surface area contributed by atoms with Crippen LogP contribution in [0.2, 0.25) is 0 Å². The average molecular weight is 296 g/mol. The van der Waals surface area contributed by atoms with Crippen LogP contribution in [-0.4, -0.2) is 34.2 Å². The molecule has 1 aromatic rings. The average Bonchev–Trinajstić information content (AvgIpc) is 2.92. The maximum atomic E-state index is 11.1. The number of aryl methyl sites for hydroxylation is 1. The van der Waals surface area contributed by atoms with E-state index in [0.29, 0.717) is 24.8 Å². The smallest absolute Gasteiger partial charge is 0.162 e. The van der Waals surface area contributed by atoms with E-state index < -0.39 is 11.7 Å². The predicted octanol–water partition coefficient (Wildman–Crippen LogP) is 2.93. The van der Waals surface area contributed by atoms with Gasteiger partial charge in [0.1, 0.15) is 11.8 Å². The van der Waals surface area contributed by atoms with E-state index in [4.69, 9.17) is 9.47 Å². The van der Waals surface area contributed by atoms with Gasteiger partial charge in [-0.15, -0.1) is 0 Å². The van der Waals surface area contributed by atoms with Crippen LogP contribution in [-0.2, 0) is 11.3 Å². The fourth-order valence-electron chi connectivity index (χ4n) is 3.35. The number of rotatable bonds is 6. The molecule has 0 aromatic carbocycles. The van der Waals surface area contributed by atoms with Gasteiger partial charge in [-0.05, 0) is 45.4 Å². The van der Waals surface area contributed by atoms with Crippen molar-refractivity contribution in [2.45, 2.75) is 64.7 Å². The van der Waals surface area contributed by atoms with Crippen molar-refractivity contribution >= 4 is 0 Å². The van der Waals surface area contributed by atoms with Crippen LogP contribution in [0.25, 0.3) is 0 Å². The number of nitrogens with zero attached hydrogens (tertiary/aromatic N) is 2. The van der Waals surface area contributed by atoms with Crippen LogP contribution >= 0.6 is 0 Å². The molecule has 1 saturated carbocycles. The van der Waals surface area contributed by atoms with E-state index in [1.165, 1.54) is 0 Å². The highest BCUT2D eigenvalue weighted by Gasteiger charge is 2.44. The first-order valence-electron chi connectivity index (χ1n) is 7.99. The Morgan fingerprint density at radius 2 is 2.10 bits per heavy atom. The van der Waals surface area contributed by atoms with Crippen LogP contribution in [0, 0.1) is 5.92 Å².